The lowest BCUT2D eigenvalue weighted by Crippen LogP contribution is -2.31. The highest BCUT2D eigenvalue weighted by atomic mass is 31.2. The number of anilines is 2. The largest absolute Gasteiger partial charge is 0.469 e. The number of phosphoric acid groups is 1. The Labute approximate surface area is 214 Å². The van der Waals surface area contributed by atoms with E-state index in [-0.39, 0.29) is 36.9 Å². The average Bonchev–Trinajstić information content (AvgIpc) is 3.42. The van der Waals surface area contributed by atoms with Gasteiger partial charge >= 0.3 is 13.5 Å². The molecular formula is C19H29N8O10P. The molecule has 4 heterocycles. The Balaban J connectivity index is 0.000000221. The van der Waals surface area contributed by atoms with E-state index in [0.717, 1.165) is 4.57 Å². The summed E-state index contributed by atoms with van der Waals surface area (Å²) in [6.07, 6.45) is 0.877. The van der Waals surface area contributed by atoms with Gasteiger partial charge in [0.05, 0.1) is 31.7 Å². The van der Waals surface area contributed by atoms with Crippen LogP contribution in [0, 0.1) is 0 Å². The molecule has 0 spiro atoms. The number of hydrogen-bond acceptors (Lipinski definition) is 13. The highest BCUT2D eigenvalue weighted by Gasteiger charge is 2.35. The Morgan fingerprint density at radius 3 is 2.66 bits per heavy atom. The molecule has 3 aromatic rings. The number of phosphoric ester groups is 1. The van der Waals surface area contributed by atoms with Crippen molar-refractivity contribution in [2.45, 2.75) is 43.9 Å². The summed E-state index contributed by atoms with van der Waals surface area (Å²) >= 11 is 0. The van der Waals surface area contributed by atoms with E-state index in [1.54, 1.807) is 4.57 Å². The van der Waals surface area contributed by atoms with Crippen molar-refractivity contribution in [2.75, 3.05) is 31.8 Å². The lowest BCUT2D eigenvalue weighted by Gasteiger charge is -2.16. The molecule has 0 unspecified atom stereocenters. The van der Waals surface area contributed by atoms with Crippen LogP contribution in [0.25, 0.3) is 11.2 Å². The van der Waals surface area contributed by atoms with Crippen LogP contribution < -0.4 is 22.7 Å². The molecule has 18 nitrogen and oxygen atoms in total. The van der Waals surface area contributed by atoms with E-state index in [0.29, 0.717) is 18.6 Å². The summed E-state index contributed by atoms with van der Waals surface area (Å²) in [6, 6.07) is 1.45. The maximum Gasteiger partial charge on any atom is 0.469 e. The molecule has 210 valence electrons. The van der Waals surface area contributed by atoms with Crippen molar-refractivity contribution in [3.05, 3.63) is 39.4 Å². The Morgan fingerprint density at radius 1 is 1.32 bits per heavy atom. The van der Waals surface area contributed by atoms with Crippen LogP contribution >= 0.6 is 7.82 Å². The van der Waals surface area contributed by atoms with Crippen molar-refractivity contribution in [3.63, 3.8) is 0 Å². The first kappa shape index (κ1) is 29.3. The first-order valence-corrected chi connectivity index (χ1v) is 12.7. The molecule has 4 atom stereocenters. The summed E-state index contributed by atoms with van der Waals surface area (Å²) in [5.74, 6) is 0.0971. The zero-order valence-corrected chi connectivity index (χ0v) is 21.0. The number of imidazole rings is 1. The van der Waals surface area contributed by atoms with Gasteiger partial charge in [0.1, 0.15) is 11.9 Å². The minimum Gasteiger partial charge on any atom is -0.394 e. The molecule has 3 aromatic heterocycles. The molecule has 1 fully saturated rings. The molecule has 1 aliphatic heterocycles. The Hall–Kier alpha value is -3.22. The normalized spacial score (nSPS) is 20.3. The summed E-state index contributed by atoms with van der Waals surface area (Å²) in [5.41, 5.74) is 10.3. The van der Waals surface area contributed by atoms with Crippen LogP contribution in [0.3, 0.4) is 0 Å². The molecule has 38 heavy (non-hydrogen) atoms. The molecule has 1 saturated heterocycles. The first-order valence-electron chi connectivity index (χ1n) is 11.1. The Kier molecular flexibility index (Phi) is 9.69. The second-order valence-corrected chi connectivity index (χ2v) is 9.41. The molecule has 0 aromatic carbocycles. The molecule has 0 radical (unpaired) electrons. The van der Waals surface area contributed by atoms with Crippen molar-refractivity contribution < 1.29 is 38.6 Å². The molecule has 0 bridgehead atoms. The maximum atomic E-state index is 11.6. The van der Waals surface area contributed by atoms with Gasteiger partial charge in [-0.2, -0.15) is 9.97 Å². The van der Waals surface area contributed by atoms with Gasteiger partial charge < -0.3 is 45.5 Å². The van der Waals surface area contributed by atoms with Gasteiger partial charge in [-0.05, 0) is 12.5 Å². The predicted molar refractivity (Wildman–Crippen MR) is 131 cm³/mol. The standard InChI is InChI=1S/C10H16N5O6P.C9H13N3O4/c1-20-6(4-21-22(17,18)19)2-3-15-5-12-7-8(15)13-10(11)14-9(7)16;10-7-1-2-12(9(15)11-7)8-6(14)3-5(4-13)16-8/h5-6H,2-4H2,1H3,(H2,17,18,19)(H3,11,13,14,16);1-2,5-6,8,13-14H,3-4H2,(H2,10,11,15)/t6-;5-,6-,8+/m00/s1. The molecule has 0 amide bonds. The minimum absolute atomic E-state index is 0.0209. The fraction of sp³-hybridized carbons (Fsp3) is 0.526. The molecular weight excluding hydrogens is 531 g/mol. The average molecular weight is 560 g/mol. The number of nitrogens with zero attached hydrogens (tertiary/aromatic N) is 5. The van der Waals surface area contributed by atoms with E-state index in [2.05, 4.69) is 24.5 Å². The van der Waals surface area contributed by atoms with Gasteiger partial charge in [0, 0.05) is 26.3 Å². The number of aryl methyl sites for hydroxylation is 1. The van der Waals surface area contributed by atoms with Crippen molar-refractivity contribution in [3.8, 4) is 0 Å². The summed E-state index contributed by atoms with van der Waals surface area (Å²) in [5, 5.41) is 18.6. The molecule has 1 aliphatic rings. The van der Waals surface area contributed by atoms with Crippen LogP contribution in [-0.2, 0) is 25.1 Å². The third-order valence-electron chi connectivity index (χ3n) is 5.44. The zero-order chi connectivity index (χ0) is 28.0. The molecule has 19 heteroatoms. The molecule has 9 N–H and O–H groups in total. The van der Waals surface area contributed by atoms with Crippen LogP contribution in [0.2, 0.25) is 0 Å². The number of aliphatic hydroxyl groups excluding tert-OH is 2. The zero-order valence-electron chi connectivity index (χ0n) is 20.2. The van der Waals surface area contributed by atoms with Gasteiger partial charge in [0.15, 0.2) is 17.4 Å². The van der Waals surface area contributed by atoms with E-state index in [9.17, 15) is 19.3 Å². The van der Waals surface area contributed by atoms with E-state index in [1.807, 2.05) is 0 Å². The Morgan fingerprint density at radius 2 is 2.05 bits per heavy atom. The minimum atomic E-state index is -4.54. The van der Waals surface area contributed by atoms with Gasteiger partial charge in [-0.1, -0.05) is 0 Å². The second kappa shape index (κ2) is 12.5. The van der Waals surface area contributed by atoms with E-state index in [4.69, 9.17) is 35.8 Å². The SMILES string of the molecule is CO[C@@H](CCn1cnc2c(=O)[nH]c(N)nc21)COP(=O)(O)O.Nc1ccn([C@@H]2O[C@H](CO)C[C@@H]2O)c(=O)n1. The number of aromatic nitrogens is 6. The van der Waals surface area contributed by atoms with Crippen molar-refractivity contribution in [1.82, 2.24) is 29.1 Å². The fourth-order valence-electron chi connectivity index (χ4n) is 3.58. The van der Waals surface area contributed by atoms with Gasteiger partial charge in [-0.25, -0.2) is 14.3 Å². The van der Waals surface area contributed by atoms with Crippen LogP contribution in [0.1, 0.15) is 19.1 Å². The number of hydrogen-bond donors (Lipinski definition) is 7. The molecule has 0 aliphatic carbocycles. The second-order valence-electron chi connectivity index (χ2n) is 8.17. The maximum absolute atomic E-state index is 11.6. The van der Waals surface area contributed by atoms with Crippen LogP contribution in [-0.4, -0.2) is 87.7 Å². The van der Waals surface area contributed by atoms with Gasteiger partial charge in [0.2, 0.25) is 5.95 Å². The van der Waals surface area contributed by atoms with Crippen LogP contribution in [0.4, 0.5) is 11.8 Å². The monoisotopic (exact) mass is 560 g/mol. The number of aliphatic hydroxyl groups is 2. The number of ether oxygens (including phenoxy) is 2. The number of H-pyrrole nitrogens is 1. The third-order valence-corrected chi connectivity index (χ3v) is 5.93. The highest BCUT2D eigenvalue weighted by Crippen LogP contribution is 2.36. The predicted octanol–water partition coefficient (Wildman–Crippen LogP) is -2.32. The molecule has 0 saturated carbocycles. The van der Waals surface area contributed by atoms with Crippen molar-refractivity contribution >= 4 is 30.8 Å². The van der Waals surface area contributed by atoms with Crippen molar-refractivity contribution in [1.29, 1.82) is 0 Å². The summed E-state index contributed by atoms with van der Waals surface area (Å²) in [4.78, 5) is 54.3. The number of nitrogen functional groups attached to an aromatic ring is 2. The topological polar surface area (TPSA) is 276 Å². The molecule has 4 rings (SSSR count). The summed E-state index contributed by atoms with van der Waals surface area (Å²) < 4.78 is 28.2. The number of nitrogens with two attached hydrogens (primary N) is 2. The summed E-state index contributed by atoms with van der Waals surface area (Å²) in [7, 11) is -3.14. The van der Waals surface area contributed by atoms with Crippen molar-refractivity contribution in [2.24, 2.45) is 0 Å². The van der Waals surface area contributed by atoms with Gasteiger partial charge in [-0.15, -0.1) is 0 Å². The lowest BCUT2D eigenvalue weighted by atomic mass is 10.2. The number of rotatable bonds is 9. The number of nitrogens with one attached hydrogen (secondary N) is 1. The van der Waals surface area contributed by atoms with E-state index >= 15 is 0 Å². The summed E-state index contributed by atoms with van der Waals surface area (Å²) in [6.45, 7) is -0.0936. The quantitative estimate of drug-likeness (QED) is 0.135. The highest BCUT2D eigenvalue weighted by molar-refractivity contribution is 7.46. The van der Waals surface area contributed by atoms with E-state index in [1.165, 1.54) is 25.7 Å². The van der Waals surface area contributed by atoms with Gasteiger partial charge in [0.25, 0.3) is 5.56 Å². The number of fused-ring (bicyclic) bond motifs is 1. The lowest BCUT2D eigenvalue weighted by molar-refractivity contribution is -0.0529. The first-order chi connectivity index (χ1) is 17.9. The number of aromatic amines is 1. The Bertz CT molecular complexity index is 1390. The third kappa shape index (κ3) is 7.65. The number of methoxy groups -OCH3 is 1. The van der Waals surface area contributed by atoms with Crippen LogP contribution in [0.15, 0.2) is 28.2 Å². The smallest absolute Gasteiger partial charge is 0.394 e. The van der Waals surface area contributed by atoms with E-state index < -0.39 is 43.6 Å². The van der Waals surface area contributed by atoms with Gasteiger partial charge in [-0.3, -0.25) is 18.9 Å². The fourth-order valence-corrected chi connectivity index (χ4v) is 3.94. The van der Waals surface area contributed by atoms with Crippen LogP contribution in [0.5, 0.6) is 0 Å².